The molecule has 2 rings (SSSR count). The highest BCUT2D eigenvalue weighted by molar-refractivity contribution is 7.89. The van der Waals surface area contributed by atoms with Gasteiger partial charge in [-0.05, 0) is 30.4 Å². The zero-order valence-corrected chi connectivity index (χ0v) is 13.0. The monoisotopic (exact) mass is 298 g/mol. The molecule has 0 aromatic heterocycles. The molecule has 1 aromatic rings. The van der Waals surface area contributed by atoms with E-state index in [1.807, 2.05) is 0 Å². The van der Waals surface area contributed by atoms with Crippen molar-refractivity contribution in [1.29, 1.82) is 0 Å². The van der Waals surface area contributed by atoms with Gasteiger partial charge in [0.1, 0.15) is 5.75 Å². The fourth-order valence-corrected chi connectivity index (χ4v) is 3.79. The summed E-state index contributed by atoms with van der Waals surface area (Å²) in [6, 6.07) is 4.59. The van der Waals surface area contributed by atoms with Crippen molar-refractivity contribution in [2.45, 2.75) is 31.6 Å². The molecule has 1 aliphatic rings. The number of ether oxygens (including phenoxy) is 1. The molecule has 1 saturated heterocycles. The molecule has 0 bridgehead atoms. The lowest BCUT2D eigenvalue weighted by molar-refractivity contribution is 0.196. The van der Waals surface area contributed by atoms with E-state index in [-0.39, 0.29) is 10.3 Å². The maximum absolute atomic E-state index is 12.6. The molecule has 0 aliphatic carbocycles. The summed E-state index contributed by atoms with van der Waals surface area (Å²) in [6.07, 6.45) is 1.75. The minimum absolute atomic E-state index is 0.213. The van der Waals surface area contributed by atoms with E-state index in [4.69, 9.17) is 10.5 Å². The Balaban J connectivity index is 2.27. The van der Waals surface area contributed by atoms with Crippen LogP contribution in [-0.2, 0) is 10.0 Å². The van der Waals surface area contributed by atoms with Gasteiger partial charge in [-0.3, -0.25) is 0 Å². The maximum atomic E-state index is 12.6. The Bertz CT molecular complexity index is 586. The van der Waals surface area contributed by atoms with Crippen molar-refractivity contribution < 1.29 is 13.2 Å². The quantitative estimate of drug-likeness (QED) is 0.867. The van der Waals surface area contributed by atoms with Crippen LogP contribution in [0, 0.1) is 5.41 Å². The van der Waals surface area contributed by atoms with Gasteiger partial charge in [0.25, 0.3) is 0 Å². The molecule has 20 heavy (non-hydrogen) atoms. The van der Waals surface area contributed by atoms with E-state index in [9.17, 15) is 8.42 Å². The number of nitrogens with two attached hydrogens (primary N) is 1. The van der Waals surface area contributed by atoms with E-state index in [2.05, 4.69) is 13.8 Å². The number of sulfonamides is 1. The van der Waals surface area contributed by atoms with Gasteiger partial charge in [-0.2, -0.15) is 4.31 Å². The molecule has 0 radical (unpaired) electrons. The van der Waals surface area contributed by atoms with E-state index in [1.165, 1.54) is 19.2 Å². The molecule has 1 fully saturated rings. The van der Waals surface area contributed by atoms with Crippen LogP contribution in [0.4, 0.5) is 5.69 Å². The number of anilines is 1. The third-order valence-corrected chi connectivity index (χ3v) is 5.81. The van der Waals surface area contributed by atoms with Crippen molar-refractivity contribution >= 4 is 15.7 Å². The highest BCUT2D eigenvalue weighted by Gasteiger charge is 2.32. The van der Waals surface area contributed by atoms with Crippen molar-refractivity contribution in [1.82, 2.24) is 4.31 Å². The van der Waals surface area contributed by atoms with Crippen molar-refractivity contribution in [3.05, 3.63) is 18.2 Å². The summed E-state index contributed by atoms with van der Waals surface area (Å²) in [5.41, 5.74) is 6.37. The first-order chi connectivity index (χ1) is 9.26. The SMILES string of the molecule is COc1cc(S(=O)(=O)N2CCC(C)(C)CC2)ccc1N. The van der Waals surface area contributed by atoms with Crippen LogP contribution in [0.25, 0.3) is 0 Å². The third kappa shape index (κ3) is 2.91. The first-order valence-electron chi connectivity index (χ1n) is 6.70. The van der Waals surface area contributed by atoms with Crippen LogP contribution in [0.5, 0.6) is 5.75 Å². The van der Waals surface area contributed by atoms with Crippen LogP contribution in [-0.4, -0.2) is 32.9 Å². The van der Waals surface area contributed by atoms with Gasteiger partial charge in [0.2, 0.25) is 10.0 Å². The van der Waals surface area contributed by atoms with Crippen molar-refractivity contribution in [3.8, 4) is 5.75 Å². The first-order valence-corrected chi connectivity index (χ1v) is 8.14. The minimum atomic E-state index is -3.46. The molecule has 6 heteroatoms. The normalized spacial score (nSPS) is 19.8. The Hall–Kier alpha value is -1.27. The van der Waals surface area contributed by atoms with Gasteiger partial charge in [-0.1, -0.05) is 13.8 Å². The Morgan fingerprint density at radius 1 is 1.25 bits per heavy atom. The fraction of sp³-hybridized carbons (Fsp3) is 0.571. The topological polar surface area (TPSA) is 72.6 Å². The van der Waals surface area contributed by atoms with Gasteiger partial charge >= 0.3 is 0 Å². The second-order valence-electron chi connectivity index (χ2n) is 5.97. The molecular formula is C14H22N2O3S. The summed E-state index contributed by atoms with van der Waals surface area (Å²) in [6.45, 7) is 5.45. The number of nitrogen functional groups attached to an aromatic ring is 1. The van der Waals surface area contributed by atoms with Crippen LogP contribution in [0.15, 0.2) is 23.1 Å². The standard InChI is InChI=1S/C14H22N2O3S/c1-14(2)6-8-16(9-7-14)20(17,18)11-4-5-12(15)13(10-11)19-3/h4-5,10H,6-9,15H2,1-3H3. The van der Waals surface area contributed by atoms with Crippen LogP contribution in [0.1, 0.15) is 26.7 Å². The summed E-state index contributed by atoms with van der Waals surface area (Å²) >= 11 is 0. The largest absolute Gasteiger partial charge is 0.495 e. The zero-order valence-electron chi connectivity index (χ0n) is 12.2. The van der Waals surface area contributed by atoms with Crippen LogP contribution < -0.4 is 10.5 Å². The van der Waals surface area contributed by atoms with E-state index in [0.29, 0.717) is 24.5 Å². The second-order valence-corrected chi connectivity index (χ2v) is 7.91. The Labute approximate surface area is 120 Å². The van der Waals surface area contributed by atoms with Crippen molar-refractivity contribution in [3.63, 3.8) is 0 Å². The van der Waals surface area contributed by atoms with Gasteiger partial charge in [-0.25, -0.2) is 8.42 Å². The fourth-order valence-electron chi connectivity index (χ4n) is 2.33. The number of piperidine rings is 1. The van der Waals surface area contributed by atoms with E-state index < -0.39 is 10.0 Å². The average molecular weight is 298 g/mol. The predicted octanol–water partition coefficient (Wildman–Crippen LogP) is 2.09. The number of rotatable bonds is 3. The van der Waals surface area contributed by atoms with Crippen LogP contribution in [0.2, 0.25) is 0 Å². The van der Waals surface area contributed by atoms with Gasteiger partial charge < -0.3 is 10.5 Å². The van der Waals surface area contributed by atoms with Crippen molar-refractivity contribution in [2.75, 3.05) is 25.9 Å². The summed E-state index contributed by atoms with van der Waals surface area (Å²) in [7, 11) is -1.99. The van der Waals surface area contributed by atoms with Crippen LogP contribution in [0.3, 0.4) is 0 Å². The molecule has 1 aliphatic heterocycles. The highest BCUT2D eigenvalue weighted by atomic mass is 32.2. The molecular weight excluding hydrogens is 276 g/mol. The zero-order chi connectivity index (χ0) is 15.0. The molecule has 2 N–H and O–H groups in total. The van der Waals surface area contributed by atoms with E-state index in [0.717, 1.165) is 12.8 Å². The lowest BCUT2D eigenvalue weighted by Gasteiger charge is -2.36. The molecule has 0 amide bonds. The molecule has 1 heterocycles. The molecule has 1 aromatic carbocycles. The molecule has 5 nitrogen and oxygen atoms in total. The maximum Gasteiger partial charge on any atom is 0.243 e. The number of hydrogen-bond acceptors (Lipinski definition) is 4. The summed E-state index contributed by atoms with van der Waals surface area (Å²) in [5.74, 6) is 0.392. The Morgan fingerprint density at radius 3 is 2.40 bits per heavy atom. The number of methoxy groups -OCH3 is 1. The van der Waals surface area contributed by atoms with E-state index >= 15 is 0 Å². The summed E-state index contributed by atoms with van der Waals surface area (Å²) in [5, 5.41) is 0. The van der Waals surface area contributed by atoms with E-state index in [1.54, 1.807) is 10.4 Å². The second kappa shape index (κ2) is 5.26. The molecule has 0 saturated carbocycles. The lowest BCUT2D eigenvalue weighted by atomic mass is 9.83. The van der Waals surface area contributed by atoms with Crippen molar-refractivity contribution in [2.24, 2.45) is 5.41 Å². The average Bonchev–Trinajstić information content (AvgIpc) is 2.38. The highest BCUT2D eigenvalue weighted by Crippen LogP contribution is 2.33. The Kier molecular flexibility index (Phi) is 3.97. The molecule has 0 spiro atoms. The number of hydrogen-bond donors (Lipinski definition) is 1. The van der Waals surface area contributed by atoms with Gasteiger partial charge in [0.15, 0.2) is 0 Å². The minimum Gasteiger partial charge on any atom is -0.495 e. The van der Waals surface area contributed by atoms with Gasteiger partial charge in [-0.15, -0.1) is 0 Å². The van der Waals surface area contributed by atoms with Gasteiger partial charge in [0.05, 0.1) is 17.7 Å². The van der Waals surface area contributed by atoms with Gasteiger partial charge in [0, 0.05) is 19.2 Å². The predicted molar refractivity (Wildman–Crippen MR) is 79.2 cm³/mol. The van der Waals surface area contributed by atoms with Crippen LogP contribution >= 0.6 is 0 Å². The smallest absolute Gasteiger partial charge is 0.243 e. The number of nitrogens with zero attached hydrogens (tertiary/aromatic N) is 1. The Morgan fingerprint density at radius 2 is 1.85 bits per heavy atom. The number of benzene rings is 1. The molecule has 0 atom stereocenters. The molecule has 0 unspecified atom stereocenters. The lowest BCUT2D eigenvalue weighted by Crippen LogP contribution is -2.41. The molecule has 112 valence electrons. The third-order valence-electron chi connectivity index (χ3n) is 3.92. The first kappa shape index (κ1) is 15.1. The summed E-state index contributed by atoms with van der Waals surface area (Å²) < 4.78 is 31.9. The summed E-state index contributed by atoms with van der Waals surface area (Å²) in [4.78, 5) is 0.239.